The van der Waals surface area contributed by atoms with Crippen LogP contribution in [0.5, 0.6) is 0 Å². The molecule has 0 unspecified atom stereocenters. The molecule has 3 rings (SSSR count). The molecule has 2 aromatic heterocycles. The lowest BCUT2D eigenvalue weighted by Gasteiger charge is -2.02. The number of H-pyrrole nitrogens is 1. The summed E-state index contributed by atoms with van der Waals surface area (Å²) in [5.74, 6) is 0.305. The van der Waals surface area contributed by atoms with Gasteiger partial charge in [-0.2, -0.15) is 0 Å². The average molecular weight is 256 g/mol. The quantitative estimate of drug-likeness (QED) is 0.692. The number of aryl methyl sites for hydroxylation is 1. The fourth-order valence-corrected chi connectivity index (χ4v) is 2.66. The lowest BCUT2D eigenvalue weighted by atomic mass is 10.3. The predicted octanol–water partition coefficient (Wildman–Crippen LogP) is 3.00. The first-order chi connectivity index (χ1) is 8.72. The maximum Gasteiger partial charge on any atom is 0.221 e. The maximum absolute atomic E-state index is 5.61. The number of hydrogen-bond donors (Lipinski definition) is 2. The standard InChI is InChI=1S/C13H12N4S/c1-8-7-15-13(14)17-12(8)18-11-6-9-4-2-3-5-10(9)16-11/h2-7,16H,1H3,(H2,14,15,17). The van der Waals surface area contributed by atoms with Gasteiger partial charge < -0.3 is 10.7 Å². The number of aromatic nitrogens is 3. The summed E-state index contributed by atoms with van der Waals surface area (Å²) in [5.41, 5.74) is 7.76. The molecule has 0 aliphatic carbocycles. The van der Waals surface area contributed by atoms with Crippen LogP contribution in [0, 0.1) is 6.92 Å². The SMILES string of the molecule is Cc1cnc(N)nc1Sc1cc2ccccc2[nH]1. The summed E-state index contributed by atoms with van der Waals surface area (Å²) in [6.45, 7) is 1.98. The molecule has 4 nitrogen and oxygen atoms in total. The maximum atomic E-state index is 5.61. The molecule has 2 heterocycles. The number of benzene rings is 1. The fourth-order valence-electron chi connectivity index (χ4n) is 1.75. The Bertz CT molecular complexity index is 672. The van der Waals surface area contributed by atoms with Crippen LogP contribution in [-0.2, 0) is 0 Å². The van der Waals surface area contributed by atoms with Crippen molar-refractivity contribution >= 4 is 28.6 Å². The fraction of sp³-hybridized carbons (Fsp3) is 0.0769. The van der Waals surface area contributed by atoms with E-state index in [0.29, 0.717) is 5.95 Å². The number of nitrogens with one attached hydrogen (secondary N) is 1. The van der Waals surface area contributed by atoms with E-state index in [1.165, 1.54) is 5.39 Å². The Morgan fingerprint density at radius 3 is 2.94 bits per heavy atom. The Balaban J connectivity index is 1.98. The molecule has 0 amide bonds. The van der Waals surface area contributed by atoms with Crippen LogP contribution in [-0.4, -0.2) is 15.0 Å². The van der Waals surface area contributed by atoms with Crippen molar-refractivity contribution in [2.75, 3.05) is 5.73 Å². The smallest absolute Gasteiger partial charge is 0.221 e. The molecule has 3 aromatic rings. The first-order valence-corrected chi connectivity index (χ1v) is 6.39. The third-order valence-corrected chi connectivity index (χ3v) is 3.70. The molecular formula is C13H12N4S. The van der Waals surface area contributed by atoms with Gasteiger partial charge in [-0.05, 0) is 19.1 Å². The molecule has 0 bridgehead atoms. The number of fused-ring (bicyclic) bond motifs is 1. The summed E-state index contributed by atoms with van der Waals surface area (Å²) < 4.78 is 0. The van der Waals surface area contributed by atoms with Crippen LogP contribution < -0.4 is 5.73 Å². The third-order valence-electron chi connectivity index (χ3n) is 2.66. The van der Waals surface area contributed by atoms with Gasteiger partial charge in [0, 0.05) is 22.7 Å². The van der Waals surface area contributed by atoms with E-state index in [9.17, 15) is 0 Å². The van der Waals surface area contributed by atoms with Crippen molar-refractivity contribution in [2.24, 2.45) is 0 Å². The van der Waals surface area contributed by atoms with Gasteiger partial charge in [0.2, 0.25) is 5.95 Å². The molecule has 0 fully saturated rings. The van der Waals surface area contributed by atoms with Crippen molar-refractivity contribution in [3.8, 4) is 0 Å². The highest BCUT2D eigenvalue weighted by molar-refractivity contribution is 7.99. The van der Waals surface area contributed by atoms with Gasteiger partial charge in [-0.1, -0.05) is 30.0 Å². The number of nitrogens with zero attached hydrogens (tertiary/aromatic N) is 2. The molecule has 0 saturated heterocycles. The minimum Gasteiger partial charge on any atom is -0.368 e. The van der Waals surface area contributed by atoms with Gasteiger partial charge in [-0.25, -0.2) is 9.97 Å². The molecular weight excluding hydrogens is 244 g/mol. The minimum atomic E-state index is 0.305. The first-order valence-electron chi connectivity index (χ1n) is 5.57. The number of aromatic amines is 1. The van der Waals surface area contributed by atoms with E-state index < -0.39 is 0 Å². The van der Waals surface area contributed by atoms with Crippen molar-refractivity contribution in [2.45, 2.75) is 17.0 Å². The molecule has 3 N–H and O–H groups in total. The summed E-state index contributed by atoms with van der Waals surface area (Å²) >= 11 is 1.57. The zero-order chi connectivity index (χ0) is 12.5. The highest BCUT2D eigenvalue weighted by Crippen LogP contribution is 2.30. The molecule has 0 spiro atoms. The van der Waals surface area contributed by atoms with Gasteiger partial charge in [-0.15, -0.1) is 0 Å². The summed E-state index contributed by atoms with van der Waals surface area (Å²) in [6.07, 6.45) is 1.74. The van der Waals surface area contributed by atoms with Crippen LogP contribution in [0.3, 0.4) is 0 Å². The van der Waals surface area contributed by atoms with Crippen LogP contribution in [0.25, 0.3) is 10.9 Å². The van der Waals surface area contributed by atoms with Crippen molar-refractivity contribution in [3.63, 3.8) is 0 Å². The van der Waals surface area contributed by atoms with E-state index >= 15 is 0 Å². The molecule has 0 atom stereocenters. The van der Waals surface area contributed by atoms with Crippen LogP contribution in [0.1, 0.15) is 5.56 Å². The number of anilines is 1. The third kappa shape index (κ3) is 2.04. The Hall–Kier alpha value is -2.01. The van der Waals surface area contributed by atoms with E-state index in [2.05, 4.69) is 33.2 Å². The largest absolute Gasteiger partial charge is 0.368 e. The lowest BCUT2D eigenvalue weighted by molar-refractivity contribution is 1.02. The summed E-state index contributed by atoms with van der Waals surface area (Å²) in [6, 6.07) is 10.3. The Morgan fingerprint density at radius 2 is 2.11 bits per heavy atom. The highest BCUT2D eigenvalue weighted by atomic mass is 32.2. The minimum absolute atomic E-state index is 0.305. The number of hydrogen-bond acceptors (Lipinski definition) is 4. The van der Waals surface area contributed by atoms with E-state index in [0.717, 1.165) is 21.1 Å². The predicted molar refractivity (Wildman–Crippen MR) is 73.6 cm³/mol. The van der Waals surface area contributed by atoms with E-state index in [4.69, 9.17) is 5.73 Å². The molecule has 0 aliphatic rings. The number of para-hydroxylation sites is 1. The molecule has 0 aliphatic heterocycles. The van der Waals surface area contributed by atoms with E-state index in [-0.39, 0.29) is 0 Å². The molecule has 1 aromatic carbocycles. The lowest BCUT2D eigenvalue weighted by Crippen LogP contribution is -1.97. The number of nitrogens with two attached hydrogens (primary N) is 1. The van der Waals surface area contributed by atoms with Crippen LogP contribution in [0.15, 0.2) is 46.6 Å². The van der Waals surface area contributed by atoms with Gasteiger partial charge in [0.15, 0.2) is 0 Å². The second-order valence-electron chi connectivity index (χ2n) is 4.04. The molecule has 18 heavy (non-hydrogen) atoms. The monoisotopic (exact) mass is 256 g/mol. The summed E-state index contributed by atoms with van der Waals surface area (Å²) in [5, 5.41) is 3.13. The van der Waals surface area contributed by atoms with Crippen LogP contribution in [0.2, 0.25) is 0 Å². The molecule has 0 radical (unpaired) electrons. The Kier molecular flexibility index (Phi) is 2.68. The van der Waals surface area contributed by atoms with Crippen LogP contribution >= 0.6 is 11.8 Å². The molecule has 90 valence electrons. The normalized spacial score (nSPS) is 10.9. The zero-order valence-electron chi connectivity index (χ0n) is 9.84. The average Bonchev–Trinajstić information content (AvgIpc) is 2.76. The topological polar surface area (TPSA) is 67.6 Å². The Labute approximate surface area is 109 Å². The zero-order valence-corrected chi connectivity index (χ0v) is 10.7. The van der Waals surface area contributed by atoms with Gasteiger partial charge in [0.1, 0.15) is 5.03 Å². The van der Waals surface area contributed by atoms with Crippen molar-refractivity contribution in [1.29, 1.82) is 0 Å². The number of nitrogen functional groups attached to an aromatic ring is 1. The van der Waals surface area contributed by atoms with Crippen LogP contribution in [0.4, 0.5) is 5.95 Å². The second kappa shape index (κ2) is 4.34. The van der Waals surface area contributed by atoms with Crippen molar-refractivity contribution < 1.29 is 0 Å². The number of rotatable bonds is 2. The van der Waals surface area contributed by atoms with Crippen molar-refractivity contribution in [3.05, 3.63) is 42.1 Å². The van der Waals surface area contributed by atoms with Gasteiger partial charge in [-0.3, -0.25) is 0 Å². The van der Waals surface area contributed by atoms with Gasteiger partial charge >= 0.3 is 0 Å². The van der Waals surface area contributed by atoms with Crippen molar-refractivity contribution in [1.82, 2.24) is 15.0 Å². The summed E-state index contributed by atoms with van der Waals surface area (Å²) in [4.78, 5) is 11.6. The van der Waals surface area contributed by atoms with Gasteiger partial charge in [0.25, 0.3) is 0 Å². The first kappa shape index (κ1) is 11.1. The van der Waals surface area contributed by atoms with E-state index in [1.54, 1.807) is 18.0 Å². The highest BCUT2D eigenvalue weighted by Gasteiger charge is 2.07. The van der Waals surface area contributed by atoms with E-state index in [1.807, 2.05) is 19.1 Å². The summed E-state index contributed by atoms with van der Waals surface area (Å²) in [7, 11) is 0. The molecule has 0 saturated carbocycles. The Morgan fingerprint density at radius 1 is 1.28 bits per heavy atom. The molecule has 5 heteroatoms. The second-order valence-corrected chi connectivity index (χ2v) is 5.07. The van der Waals surface area contributed by atoms with Gasteiger partial charge in [0.05, 0.1) is 5.03 Å².